The number of hydrogen-bond acceptors (Lipinski definition) is 4. The molecule has 3 rings (SSSR count). The first-order valence-electron chi connectivity index (χ1n) is 6.83. The Balaban J connectivity index is 1.92. The Labute approximate surface area is 129 Å². The summed E-state index contributed by atoms with van der Waals surface area (Å²) in [7, 11) is -2.31. The van der Waals surface area contributed by atoms with Crippen molar-refractivity contribution in [2.75, 3.05) is 13.1 Å². The smallest absolute Gasteiger partial charge is 0.207 e. The molecule has 1 aromatic rings. The van der Waals surface area contributed by atoms with E-state index in [1.54, 1.807) is 0 Å². The van der Waals surface area contributed by atoms with Crippen LogP contribution in [-0.4, -0.2) is 34.2 Å². The van der Waals surface area contributed by atoms with Crippen LogP contribution >= 0.6 is 10.7 Å². The highest BCUT2D eigenvalue weighted by Gasteiger charge is 2.41. The number of sulfonamides is 1. The van der Waals surface area contributed by atoms with Gasteiger partial charge in [0.25, 0.3) is 9.05 Å². The van der Waals surface area contributed by atoms with Gasteiger partial charge in [0.15, 0.2) is 0 Å². The lowest BCUT2D eigenvalue weighted by molar-refractivity contribution is 0.445. The summed E-state index contributed by atoms with van der Waals surface area (Å²) < 4.78 is 49.4. The van der Waals surface area contributed by atoms with Crippen molar-refractivity contribution < 1.29 is 16.8 Å². The number of rotatable bonds is 3. The zero-order valence-electron chi connectivity index (χ0n) is 11.3. The van der Waals surface area contributed by atoms with E-state index in [4.69, 9.17) is 10.7 Å². The van der Waals surface area contributed by atoms with Crippen molar-refractivity contribution in [1.82, 2.24) is 4.31 Å². The maximum Gasteiger partial charge on any atom is 0.261 e. The molecule has 2 fully saturated rings. The lowest BCUT2D eigenvalue weighted by atomic mass is 10.0. The molecule has 0 bridgehead atoms. The van der Waals surface area contributed by atoms with Gasteiger partial charge in [-0.15, -0.1) is 0 Å². The van der Waals surface area contributed by atoms with Crippen LogP contribution in [0.25, 0.3) is 0 Å². The lowest BCUT2D eigenvalue weighted by Crippen LogP contribution is -2.29. The second-order valence-corrected chi connectivity index (χ2v) is 10.2. The minimum Gasteiger partial charge on any atom is -0.207 e. The molecule has 0 radical (unpaired) electrons. The number of fused-ring (bicyclic) bond motifs is 1. The fraction of sp³-hybridized carbons (Fsp3) is 0.538. The first kappa shape index (κ1) is 15.3. The third-order valence-electron chi connectivity index (χ3n) is 4.42. The molecule has 21 heavy (non-hydrogen) atoms. The topological polar surface area (TPSA) is 71.5 Å². The highest BCUT2D eigenvalue weighted by atomic mass is 35.7. The highest BCUT2D eigenvalue weighted by molar-refractivity contribution is 8.13. The van der Waals surface area contributed by atoms with Crippen molar-refractivity contribution >= 4 is 29.8 Å². The largest absolute Gasteiger partial charge is 0.261 e. The molecule has 8 heteroatoms. The number of halogens is 1. The Kier molecular flexibility index (Phi) is 3.80. The summed E-state index contributed by atoms with van der Waals surface area (Å²) in [5, 5.41) is 0. The molecule has 0 spiro atoms. The van der Waals surface area contributed by atoms with Crippen LogP contribution in [0.4, 0.5) is 0 Å². The molecule has 1 saturated carbocycles. The first-order valence-corrected chi connectivity index (χ1v) is 10.6. The summed E-state index contributed by atoms with van der Waals surface area (Å²) in [5.41, 5.74) is 0. The Morgan fingerprint density at radius 2 is 1.57 bits per heavy atom. The number of hydrogen-bond donors (Lipinski definition) is 0. The molecule has 1 aliphatic carbocycles. The molecule has 1 aliphatic heterocycles. The van der Waals surface area contributed by atoms with E-state index in [0.29, 0.717) is 24.9 Å². The molecule has 1 heterocycles. The fourth-order valence-corrected chi connectivity index (χ4v) is 5.80. The van der Waals surface area contributed by atoms with Gasteiger partial charge in [0.1, 0.15) is 0 Å². The van der Waals surface area contributed by atoms with Gasteiger partial charge < -0.3 is 0 Å². The van der Waals surface area contributed by atoms with Crippen molar-refractivity contribution in [3.8, 4) is 0 Å². The van der Waals surface area contributed by atoms with Gasteiger partial charge in [-0.05, 0) is 42.9 Å². The molecule has 116 valence electrons. The maximum absolute atomic E-state index is 12.6. The summed E-state index contributed by atoms with van der Waals surface area (Å²) in [5.74, 6) is 0.888. The highest BCUT2D eigenvalue weighted by Crippen LogP contribution is 2.39. The van der Waals surface area contributed by atoms with Gasteiger partial charge >= 0.3 is 0 Å². The zero-order chi connectivity index (χ0) is 15.3. The van der Waals surface area contributed by atoms with Gasteiger partial charge in [0, 0.05) is 23.8 Å². The second-order valence-electron chi connectivity index (χ2n) is 5.69. The van der Waals surface area contributed by atoms with Crippen LogP contribution < -0.4 is 0 Å². The van der Waals surface area contributed by atoms with Crippen LogP contribution in [0.5, 0.6) is 0 Å². The maximum atomic E-state index is 12.6. The van der Waals surface area contributed by atoms with Crippen molar-refractivity contribution in [2.45, 2.75) is 29.1 Å². The molecule has 1 saturated heterocycles. The summed E-state index contributed by atoms with van der Waals surface area (Å²) in [4.78, 5) is -0.200. The average Bonchev–Trinajstić information content (AvgIpc) is 2.98. The Morgan fingerprint density at radius 3 is 2.14 bits per heavy atom. The van der Waals surface area contributed by atoms with E-state index in [-0.39, 0.29) is 9.79 Å². The van der Waals surface area contributed by atoms with E-state index in [1.165, 1.54) is 28.9 Å². The normalized spacial score (nSPS) is 26.9. The van der Waals surface area contributed by atoms with Crippen molar-refractivity contribution in [3.05, 3.63) is 24.3 Å². The van der Waals surface area contributed by atoms with E-state index in [9.17, 15) is 16.8 Å². The third kappa shape index (κ3) is 2.84. The summed E-state index contributed by atoms with van der Waals surface area (Å²) in [6, 6.07) is 5.24. The minimum atomic E-state index is -3.93. The van der Waals surface area contributed by atoms with Gasteiger partial charge in [-0.1, -0.05) is 12.5 Å². The standard InChI is InChI=1S/C13H16ClNO4S2/c14-20(16,17)12-5-2-6-13(7-12)21(18,19)15-8-10-3-1-4-11(10)9-15/h2,5-7,10-11H,1,3-4,8-9H2. The predicted octanol–water partition coefficient (Wildman–Crippen LogP) is 2.03. The quantitative estimate of drug-likeness (QED) is 0.783. The molecule has 0 amide bonds. The van der Waals surface area contributed by atoms with Gasteiger partial charge in [-0.25, -0.2) is 16.8 Å². The van der Waals surface area contributed by atoms with Gasteiger partial charge in [-0.2, -0.15) is 4.31 Å². The molecule has 5 nitrogen and oxygen atoms in total. The van der Waals surface area contributed by atoms with Crippen LogP contribution in [0.3, 0.4) is 0 Å². The molecular formula is C13H16ClNO4S2. The summed E-state index contributed by atoms with van der Waals surface area (Å²) in [6.07, 6.45) is 3.32. The molecule has 2 unspecified atom stereocenters. The van der Waals surface area contributed by atoms with Crippen LogP contribution in [0.15, 0.2) is 34.1 Å². The van der Waals surface area contributed by atoms with E-state index >= 15 is 0 Å². The SMILES string of the molecule is O=S(=O)(Cl)c1cccc(S(=O)(=O)N2CC3CCCC3C2)c1. The van der Waals surface area contributed by atoms with Crippen LogP contribution in [-0.2, 0) is 19.1 Å². The van der Waals surface area contributed by atoms with E-state index in [2.05, 4.69) is 0 Å². The fourth-order valence-electron chi connectivity index (χ4n) is 3.32. The van der Waals surface area contributed by atoms with Gasteiger partial charge in [-0.3, -0.25) is 0 Å². The molecule has 1 aromatic carbocycles. The predicted molar refractivity (Wildman–Crippen MR) is 79.1 cm³/mol. The van der Waals surface area contributed by atoms with Gasteiger partial charge in [0.05, 0.1) is 9.79 Å². The molecule has 2 aliphatic rings. The second kappa shape index (κ2) is 5.22. The number of nitrogens with zero attached hydrogens (tertiary/aromatic N) is 1. The molecule has 0 aromatic heterocycles. The Morgan fingerprint density at radius 1 is 1.00 bits per heavy atom. The Bertz CT molecular complexity index is 748. The summed E-state index contributed by atoms with van der Waals surface area (Å²) >= 11 is 0. The van der Waals surface area contributed by atoms with E-state index in [1.807, 2.05) is 0 Å². The summed E-state index contributed by atoms with van der Waals surface area (Å²) in [6.45, 7) is 1.07. The number of benzene rings is 1. The van der Waals surface area contributed by atoms with Crippen molar-refractivity contribution in [3.63, 3.8) is 0 Å². The molecule has 0 N–H and O–H groups in total. The Hall–Kier alpha value is -0.630. The monoisotopic (exact) mass is 349 g/mol. The molecule has 2 atom stereocenters. The van der Waals surface area contributed by atoms with Crippen LogP contribution in [0.2, 0.25) is 0 Å². The average molecular weight is 350 g/mol. The van der Waals surface area contributed by atoms with E-state index < -0.39 is 19.1 Å². The van der Waals surface area contributed by atoms with Crippen molar-refractivity contribution in [1.29, 1.82) is 0 Å². The van der Waals surface area contributed by atoms with E-state index in [0.717, 1.165) is 18.9 Å². The van der Waals surface area contributed by atoms with Gasteiger partial charge in [0.2, 0.25) is 10.0 Å². The van der Waals surface area contributed by atoms with Crippen LogP contribution in [0.1, 0.15) is 19.3 Å². The van der Waals surface area contributed by atoms with Crippen molar-refractivity contribution in [2.24, 2.45) is 11.8 Å². The third-order valence-corrected chi connectivity index (χ3v) is 7.60. The lowest BCUT2D eigenvalue weighted by Gasteiger charge is -2.17. The van der Waals surface area contributed by atoms with Crippen LogP contribution in [0, 0.1) is 11.8 Å². The molecular weight excluding hydrogens is 334 g/mol. The first-order chi connectivity index (χ1) is 9.78. The minimum absolute atomic E-state index is 0.0100. The zero-order valence-corrected chi connectivity index (χ0v) is 13.7.